The highest BCUT2D eigenvalue weighted by molar-refractivity contribution is 5.99. The van der Waals surface area contributed by atoms with E-state index in [0.29, 0.717) is 24.1 Å². The number of hydrogen-bond acceptors (Lipinski definition) is 4. The minimum absolute atomic E-state index is 0.0936. The number of aromatic nitrogens is 2. The van der Waals surface area contributed by atoms with Gasteiger partial charge in [0.2, 0.25) is 0 Å². The minimum atomic E-state index is -0.783. The maximum atomic E-state index is 13.0. The number of H-pyrrole nitrogens is 1. The molecule has 2 amide bonds. The second-order valence-corrected chi connectivity index (χ2v) is 7.55. The molecule has 0 radical (unpaired) electrons. The molecule has 0 bridgehead atoms. The van der Waals surface area contributed by atoms with Crippen LogP contribution in [0.3, 0.4) is 0 Å². The molecule has 148 valence electrons. The zero-order valence-corrected chi connectivity index (χ0v) is 16.3. The summed E-state index contributed by atoms with van der Waals surface area (Å²) in [5.41, 5.74) is 9.30. The quantitative estimate of drug-likeness (QED) is 0.636. The Balaban J connectivity index is 1.69. The number of hydrogen-bond donors (Lipinski definition) is 3. The summed E-state index contributed by atoms with van der Waals surface area (Å²) in [6.07, 6.45) is 2.21. The van der Waals surface area contributed by atoms with Crippen molar-refractivity contribution in [3.63, 3.8) is 0 Å². The third kappa shape index (κ3) is 3.51. The Kier molecular flexibility index (Phi) is 4.66. The first-order valence-corrected chi connectivity index (χ1v) is 9.58. The normalized spacial score (nSPS) is 15.7. The molecule has 7 heteroatoms. The van der Waals surface area contributed by atoms with Gasteiger partial charge in [0.05, 0.1) is 22.8 Å². The van der Waals surface area contributed by atoms with Crippen LogP contribution in [0.25, 0.3) is 10.9 Å². The number of pyridine rings is 2. The molecule has 7 nitrogen and oxygen atoms in total. The number of benzene rings is 1. The molecule has 3 aromatic rings. The predicted molar refractivity (Wildman–Crippen MR) is 110 cm³/mol. The molecule has 1 atom stereocenters. The van der Waals surface area contributed by atoms with Crippen molar-refractivity contribution in [3.8, 4) is 0 Å². The van der Waals surface area contributed by atoms with Crippen molar-refractivity contribution in [1.29, 1.82) is 0 Å². The van der Waals surface area contributed by atoms with Crippen molar-refractivity contribution < 1.29 is 9.59 Å². The molecule has 4 N–H and O–H groups in total. The molecule has 0 saturated heterocycles. The van der Waals surface area contributed by atoms with Gasteiger partial charge < -0.3 is 16.0 Å². The maximum Gasteiger partial charge on any atom is 0.261 e. The number of fused-ring (bicyclic) bond motifs is 2. The molecule has 4 rings (SSSR count). The number of nitrogens with one attached hydrogen (secondary N) is 2. The topological polar surface area (TPSA) is 118 Å². The Morgan fingerprint density at radius 2 is 1.97 bits per heavy atom. The van der Waals surface area contributed by atoms with Gasteiger partial charge in [-0.2, -0.15) is 0 Å². The van der Waals surface area contributed by atoms with Crippen molar-refractivity contribution in [2.45, 2.75) is 39.2 Å². The SMILES string of the molecule is Cc1ccc2nc(C)c(C(=O)NC3CCCc4[nH]c(=O)c(C(N)=O)cc43)cc2c1. The Bertz CT molecular complexity index is 1210. The number of nitrogens with zero attached hydrogens (tertiary/aromatic N) is 1. The van der Waals surface area contributed by atoms with Gasteiger partial charge in [0, 0.05) is 11.1 Å². The average molecular weight is 390 g/mol. The van der Waals surface area contributed by atoms with Crippen molar-refractivity contribution in [2.75, 3.05) is 0 Å². The van der Waals surface area contributed by atoms with E-state index in [1.165, 1.54) is 6.07 Å². The number of primary amides is 1. The number of aryl methyl sites for hydroxylation is 3. The second-order valence-electron chi connectivity index (χ2n) is 7.55. The van der Waals surface area contributed by atoms with Crippen molar-refractivity contribution in [2.24, 2.45) is 5.73 Å². The fourth-order valence-corrected chi connectivity index (χ4v) is 3.93. The third-order valence-electron chi connectivity index (χ3n) is 5.43. The summed E-state index contributed by atoms with van der Waals surface area (Å²) in [4.78, 5) is 43.9. The summed E-state index contributed by atoms with van der Waals surface area (Å²) in [7, 11) is 0. The fraction of sp³-hybridized carbons (Fsp3) is 0.273. The molecule has 2 heterocycles. The Hall–Kier alpha value is -3.48. The van der Waals surface area contributed by atoms with Gasteiger partial charge in [-0.1, -0.05) is 11.6 Å². The van der Waals surface area contributed by atoms with Crippen LogP contribution < -0.4 is 16.6 Å². The molecule has 0 saturated carbocycles. The van der Waals surface area contributed by atoms with E-state index in [4.69, 9.17) is 5.73 Å². The molecule has 1 aromatic carbocycles. The molecule has 0 fully saturated rings. The summed E-state index contributed by atoms with van der Waals surface area (Å²) in [6, 6.07) is 8.98. The van der Waals surface area contributed by atoms with Gasteiger partial charge in [0.15, 0.2) is 0 Å². The first kappa shape index (κ1) is 18.9. The first-order valence-electron chi connectivity index (χ1n) is 9.58. The lowest BCUT2D eigenvalue weighted by Crippen LogP contribution is -2.34. The molecule has 1 aliphatic carbocycles. The van der Waals surface area contributed by atoms with E-state index in [2.05, 4.69) is 15.3 Å². The molecule has 1 unspecified atom stereocenters. The van der Waals surface area contributed by atoms with Gasteiger partial charge in [-0.3, -0.25) is 19.4 Å². The zero-order valence-electron chi connectivity index (χ0n) is 16.3. The van der Waals surface area contributed by atoms with E-state index in [9.17, 15) is 14.4 Å². The summed E-state index contributed by atoms with van der Waals surface area (Å²) in [6.45, 7) is 3.81. The Labute approximate surface area is 167 Å². The second kappa shape index (κ2) is 7.16. The lowest BCUT2D eigenvalue weighted by molar-refractivity contribution is 0.0931. The number of nitrogens with two attached hydrogens (primary N) is 1. The summed E-state index contributed by atoms with van der Waals surface area (Å²) in [5, 5.41) is 3.95. The van der Waals surface area contributed by atoms with Crippen LogP contribution in [-0.2, 0) is 6.42 Å². The van der Waals surface area contributed by atoms with Crippen LogP contribution in [0.15, 0.2) is 35.1 Å². The van der Waals surface area contributed by atoms with Crippen molar-refractivity contribution >= 4 is 22.7 Å². The number of carbonyl (C=O) groups excluding carboxylic acids is 2. The fourth-order valence-electron chi connectivity index (χ4n) is 3.93. The number of aromatic amines is 1. The van der Waals surface area contributed by atoms with E-state index in [0.717, 1.165) is 34.1 Å². The summed E-state index contributed by atoms with van der Waals surface area (Å²) < 4.78 is 0. The lowest BCUT2D eigenvalue weighted by atomic mass is 9.90. The van der Waals surface area contributed by atoms with Crippen LogP contribution in [0, 0.1) is 13.8 Å². The van der Waals surface area contributed by atoms with E-state index >= 15 is 0 Å². The number of rotatable bonds is 3. The smallest absolute Gasteiger partial charge is 0.261 e. The highest BCUT2D eigenvalue weighted by Gasteiger charge is 2.26. The number of carbonyl (C=O) groups is 2. The molecule has 29 heavy (non-hydrogen) atoms. The molecular formula is C22H22N4O3. The molecule has 1 aliphatic rings. The van der Waals surface area contributed by atoms with Crippen LogP contribution in [0.4, 0.5) is 0 Å². The van der Waals surface area contributed by atoms with Crippen molar-refractivity contribution in [1.82, 2.24) is 15.3 Å². The van der Waals surface area contributed by atoms with Gasteiger partial charge in [-0.05, 0) is 62.9 Å². The number of amides is 2. The predicted octanol–water partition coefficient (Wildman–Crippen LogP) is 2.45. The maximum absolute atomic E-state index is 13.0. The average Bonchev–Trinajstić information content (AvgIpc) is 2.67. The van der Waals surface area contributed by atoms with Gasteiger partial charge in [0.25, 0.3) is 17.4 Å². The molecular weight excluding hydrogens is 368 g/mol. The van der Waals surface area contributed by atoms with Crippen LogP contribution in [0.5, 0.6) is 0 Å². The van der Waals surface area contributed by atoms with Crippen LogP contribution in [0.1, 0.15) is 62.1 Å². The van der Waals surface area contributed by atoms with Crippen molar-refractivity contribution in [3.05, 3.63) is 74.3 Å². The lowest BCUT2D eigenvalue weighted by Gasteiger charge is -2.26. The van der Waals surface area contributed by atoms with Gasteiger partial charge in [-0.15, -0.1) is 0 Å². The van der Waals surface area contributed by atoms with Crippen LogP contribution in [-0.4, -0.2) is 21.8 Å². The Morgan fingerprint density at radius 3 is 2.72 bits per heavy atom. The summed E-state index contributed by atoms with van der Waals surface area (Å²) >= 11 is 0. The van der Waals surface area contributed by atoms with E-state index < -0.39 is 11.5 Å². The highest BCUT2D eigenvalue weighted by Crippen LogP contribution is 2.29. The molecule has 0 aliphatic heterocycles. The van der Waals surface area contributed by atoms with Gasteiger partial charge in [0.1, 0.15) is 5.56 Å². The van der Waals surface area contributed by atoms with Crippen LogP contribution in [0.2, 0.25) is 0 Å². The highest BCUT2D eigenvalue weighted by atomic mass is 16.2. The Morgan fingerprint density at radius 1 is 1.17 bits per heavy atom. The van der Waals surface area contributed by atoms with Crippen LogP contribution >= 0.6 is 0 Å². The van der Waals surface area contributed by atoms with E-state index in [1.807, 2.05) is 38.1 Å². The minimum Gasteiger partial charge on any atom is -0.365 e. The van der Waals surface area contributed by atoms with E-state index in [-0.39, 0.29) is 17.5 Å². The first-order chi connectivity index (χ1) is 13.8. The van der Waals surface area contributed by atoms with Gasteiger partial charge in [-0.25, -0.2) is 0 Å². The summed E-state index contributed by atoms with van der Waals surface area (Å²) in [5.74, 6) is -1.02. The third-order valence-corrected chi connectivity index (χ3v) is 5.43. The molecule has 0 spiro atoms. The standard InChI is InChI=1S/C22H22N4O3/c1-11-6-7-17-13(8-11)9-14(12(2)24-17)21(28)25-18-4-3-5-19-15(18)10-16(20(23)27)22(29)26-19/h6-10,18H,3-5H2,1-2H3,(H2,23,27)(H,25,28)(H,26,29). The van der Waals surface area contributed by atoms with Gasteiger partial charge >= 0.3 is 0 Å². The monoisotopic (exact) mass is 390 g/mol. The largest absolute Gasteiger partial charge is 0.365 e. The van der Waals surface area contributed by atoms with E-state index in [1.54, 1.807) is 0 Å². The molecule has 2 aromatic heterocycles. The zero-order chi connectivity index (χ0) is 20.7.